The van der Waals surface area contributed by atoms with Crippen molar-refractivity contribution >= 4 is 16.7 Å². The predicted molar refractivity (Wildman–Crippen MR) is 71.1 cm³/mol. The molecular formula is C15H17NO2. The minimum Gasteiger partial charge on any atom is -0.497 e. The average molecular weight is 243 g/mol. The van der Waals surface area contributed by atoms with E-state index < -0.39 is 0 Å². The van der Waals surface area contributed by atoms with E-state index in [1.165, 1.54) is 12.8 Å². The summed E-state index contributed by atoms with van der Waals surface area (Å²) in [6, 6.07) is 5.80. The third kappa shape index (κ3) is 1.80. The summed E-state index contributed by atoms with van der Waals surface area (Å²) in [7, 11) is 1.65. The SMILES string of the molecule is COc1ccc2c(C(=O)C3CCCC3)c[nH]c2c1. The lowest BCUT2D eigenvalue weighted by molar-refractivity contribution is 0.0924. The molecule has 3 nitrogen and oxygen atoms in total. The van der Waals surface area contributed by atoms with Crippen LogP contribution in [-0.4, -0.2) is 17.9 Å². The monoisotopic (exact) mass is 243 g/mol. The molecule has 1 aromatic heterocycles. The number of aromatic amines is 1. The second kappa shape index (κ2) is 4.48. The van der Waals surface area contributed by atoms with Crippen LogP contribution in [0.5, 0.6) is 5.75 Å². The number of ether oxygens (including phenoxy) is 1. The van der Waals surface area contributed by atoms with Crippen LogP contribution in [0.4, 0.5) is 0 Å². The molecular weight excluding hydrogens is 226 g/mol. The minimum atomic E-state index is 0.228. The molecule has 1 aromatic carbocycles. The van der Waals surface area contributed by atoms with Crippen molar-refractivity contribution in [3.05, 3.63) is 30.0 Å². The number of H-pyrrole nitrogens is 1. The fourth-order valence-corrected chi connectivity index (χ4v) is 2.84. The summed E-state index contributed by atoms with van der Waals surface area (Å²) in [5.41, 5.74) is 1.80. The fourth-order valence-electron chi connectivity index (χ4n) is 2.84. The first kappa shape index (κ1) is 11.3. The van der Waals surface area contributed by atoms with Gasteiger partial charge in [-0.25, -0.2) is 0 Å². The summed E-state index contributed by atoms with van der Waals surface area (Å²) in [5, 5.41) is 1.01. The number of fused-ring (bicyclic) bond motifs is 1. The predicted octanol–water partition coefficient (Wildman–Crippen LogP) is 3.55. The van der Waals surface area contributed by atoms with Gasteiger partial charge < -0.3 is 9.72 Å². The summed E-state index contributed by atoms with van der Waals surface area (Å²) in [4.78, 5) is 15.6. The number of hydrogen-bond acceptors (Lipinski definition) is 2. The van der Waals surface area contributed by atoms with Crippen molar-refractivity contribution in [1.29, 1.82) is 0 Å². The fraction of sp³-hybridized carbons (Fsp3) is 0.400. The Morgan fingerprint density at radius 1 is 1.33 bits per heavy atom. The summed E-state index contributed by atoms with van der Waals surface area (Å²) < 4.78 is 5.19. The average Bonchev–Trinajstić information content (AvgIpc) is 3.06. The van der Waals surface area contributed by atoms with Crippen molar-refractivity contribution in [2.45, 2.75) is 25.7 Å². The Bertz CT molecular complexity index is 579. The van der Waals surface area contributed by atoms with E-state index in [0.29, 0.717) is 5.78 Å². The Labute approximate surface area is 106 Å². The molecule has 18 heavy (non-hydrogen) atoms. The van der Waals surface area contributed by atoms with Gasteiger partial charge in [0.05, 0.1) is 7.11 Å². The number of hydrogen-bond donors (Lipinski definition) is 1. The molecule has 0 aliphatic heterocycles. The molecule has 1 N–H and O–H groups in total. The van der Waals surface area contributed by atoms with Gasteiger partial charge in [-0.2, -0.15) is 0 Å². The summed E-state index contributed by atoms with van der Waals surface area (Å²) >= 11 is 0. The van der Waals surface area contributed by atoms with Crippen LogP contribution in [0.25, 0.3) is 10.9 Å². The maximum Gasteiger partial charge on any atom is 0.168 e. The van der Waals surface area contributed by atoms with Gasteiger partial charge in [-0.05, 0) is 25.0 Å². The van der Waals surface area contributed by atoms with Crippen molar-refractivity contribution in [3.8, 4) is 5.75 Å². The summed E-state index contributed by atoms with van der Waals surface area (Å²) in [6.07, 6.45) is 6.30. The van der Waals surface area contributed by atoms with E-state index in [2.05, 4.69) is 4.98 Å². The van der Waals surface area contributed by atoms with Gasteiger partial charge in [0.2, 0.25) is 0 Å². The van der Waals surface area contributed by atoms with Gasteiger partial charge in [0, 0.05) is 34.6 Å². The van der Waals surface area contributed by atoms with Crippen LogP contribution in [-0.2, 0) is 0 Å². The van der Waals surface area contributed by atoms with Crippen LogP contribution in [0.3, 0.4) is 0 Å². The van der Waals surface area contributed by atoms with Gasteiger partial charge in [-0.15, -0.1) is 0 Å². The number of aromatic nitrogens is 1. The maximum atomic E-state index is 12.4. The van der Waals surface area contributed by atoms with E-state index >= 15 is 0 Å². The van der Waals surface area contributed by atoms with Crippen LogP contribution in [0.2, 0.25) is 0 Å². The molecule has 2 aromatic rings. The number of benzene rings is 1. The number of rotatable bonds is 3. The first-order chi connectivity index (χ1) is 8.79. The van der Waals surface area contributed by atoms with Crippen LogP contribution in [0.15, 0.2) is 24.4 Å². The molecule has 0 radical (unpaired) electrons. The number of Topliss-reactive ketones (excluding diaryl/α,β-unsaturated/α-hetero) is 1. The topological polar surface area (TPSA) is 42.1 Å². The Morgan fingerprint density at radius 3 is 2.83 bits per heavy atom. The molecule has 1 aliphatic rings. The second-order valence-corrected chi connectivity index (χ2v) is 4.96. The first-order valence-corrected chi connectivity index (χ1v) is 6.49. The van der Waals surface area contributed by atoms with Gasteiger partial charge >= 0.3 is 0 Å². The first-order valence-electron chi connectivity index (χ1n) is 6.49. The standard InChI is InChI=1S/C15H17NO2/c1-18-11-6-7-12-13(9-16-14(12)8-11)15(17)10-4-2-3-5-10/h6-10,16H,2-5H2,1H3. The Morgan fingerprint density at radius 2 is 2.11 bits per heavy atom. The van der Waals surface area contributed by atoms with Gasteiger partial charge in [0.15, 0.2) is 5.78 Å². The molecule has 3 rings (SSSR count). The quantitative estimate of drug-likeness (QED) is 0.838. The van der Waals surface area contributed by atoms with Crippen LogP contribution >= 0.6 is 0 Å². The highest BCUT2D eigenvalue weighted by molar-refractivity contribution is 6.09. The normalized spacial score (nSPS) is 16.3. The number of nitrogens with one attached hydrogen (secondary N) is 1. The third-order valence-electron chi connectivity index (χ3n) is 3.88. The second-order valence-electron chi connectivity index (χ2n) is 4.96. The van der Waals surface area contributed by atoms with E-state index in [0.717, 1.165) is 35.1 Å². The molecule has 1 fully saturated rings. The molecule has 1 heterocycles. The molecule has 94 valence electrons. The molecule has 1 saturated carbocycles. The largest absolute Gasteiger partial charge is 0.497 e. The van der Waals surface area contributed by atoms with E-state index in [1.54, 1.807) is 7.11 Å². The third-order valence-corrected chi connectivity index (χ3v) is 3.88. The lowest BCUT2D eigenvalue weighted by atomic mass is 9.96. The van der Waals surface area contributed by atoms with Gasteiger partial charge in [0.1, 0.15) is 5.75 Å². The van der Waals surface area contributed by atoms with Gasteiger partial charge in [-0.3, -0.25) is 4.79 Å². The van der Waals surface area contributed by atoms with E-state index in [-0.39, 0.29) is 5.92 Å². The molecule has 3 heteroatoms. The van der Waals surface area contributed by atoms with Crippen molar-refractivity contribution in [2.24, 2.45) is 5.92 Å². The zero-order valence-corrected chi connectivity index (χ0v) is 10.5. The number of methoxy groups -OCH3 is 1. The zero-order chi connectivity index (χ0) is 12.5. The highest BCUT2D eigenvalue weighted by Gasteiger charge is 2.25. The number of ketones is 1. The van der Waals surface area contributed by atoms with Crippen molar-refractivity contribution in [2.75, 3.05) is 7.11 Å². The maximum absolute atomic E-state index is 12.4. The molecule has 1 aliphatic carbocycles. The highest BCUT2D eigenvalue weighted by atomic mass is 16.5. The van der Waals surface area contributed by atoms with Gasteiger partial charge in [-0.1, -0.05) is 12.8 Å². The van der Waals surface area contributed by atoms with Crippen molar-refractivity contribution < 1.29 is 9.53 Å². The van der Waals surface area contributed by atoms with E-state index in [1.807, 2.05) is 24.4 Å². The number of carbonyl (C=O) groups excluding carboxylic acids is 1. The van der Waals surface area contributed by atoms with Crippen LogP contribution in [0.1, 0.15) is 36.0 Å². The lowest BCUT2D eigenvalue weighted by Crippen LogP contribution is -2.10. The minimum absolute atomic E-state index is 0.228. The smallest absolute Gasteiger partial charge is 0.168 e. The Hall–Kier alpha value is -1.77. The molecule has 0 atom stereocenters. The Balaban J connectivity index is 1.99. The highest BCUT2D eigenvalue weighted by Crippen LogP contribution is 2.31. The molecule has 0 bridgehead atoms. The summed E-state index contributed by atoms with van der Waals surface area (Å²) in [5.74, 6) is 1.33. The van der Waals surface area contributed by atoms with Crippen LogP contribution in [0, 0.1) is 5.92 Å². The molecule has 0 unspecified atom stereocenters. The van der Waals surface area contributed by atoms with Crippen molar-refractivity contribution in [1.82, 2.24) is 4.98 Å². The Kier molecular flexibility index (Phi) is 2.82. The number of carbonyl (C=O) groups is 1. The molecule has 0 spiro atoms. The molecule has 0 saturated heterocycles. The summed E-state index contributed by atoms with van der Waals surface area (Å²) in [6.45, 7) is 0. The van der Waals surface area contributed by atoms with Crippen molar-refractivity contribution in [3.63, 3.8) is 0 Å². The van der Waals surface area contributed by atoms with E-state index in [9.17, 15) is 4.79 Å². The zero-order valence-electron chi connectivity index (χ0n) is 10.5. The van der Waals surface area contributed by atoms with Gasteiger partial charge in [0.25, 0.3) is 0 Å². The van der Waals surface area contributed by atoms with Crippen LogP contribution < -0.4 is 4.74 Å². The van der Waals surface area contributed by atoms with E-state index in [4.69, 9.17) is 4.74 Å². The molecule has 0 amide bonds. The lowest BCUT2D eigenvalue weighted by Gasteiger charge is -2.06.